The number of rotatable bonds is 4. The molecule has 2 aromatic rings. The number of hydrogen-bond acceptors (Lipinski definition) is 2. The van der Waals surface area contributed by atoms with E-state index in [2.05, 4.69) is 12.2 Å². The van der Waals surface area contributed by atoms with Gasteiger partial charge >= 0.3 is 0 Å². The molecule has 0 bridgehead atoms. The van der Waals surface area contributed by atoms with E-state index in [-0.39, 0.29) is 5.91 Å². The molecule has 1 aromatic carbocycles. The Bertz CT molecular complexity index is 543. The summed E-state index contributed by atoms with van der Waals surface area (Å²) in [6, 6.07) is 11.8. The second kappa shape index (κ2) is 6.17. The van der Waals surface area contributed by atoms with E-state index in [0.29, 0.717) is 0 Å². The van der Waals surface area contributed by atoms with Crippen molar-refractivity contribution in [3.8, 4) is 0 Å². The monoisotopic (exact) mass is 257 g/mol. The van der Waals surface area contributed by atoms with E-state index >= 15 is 0 Å². The van der Waals surface area contributed by atoms with Crippen LogP contribution < -0.4 is 5.32 Å². The fourth-order valence-corrected chi connectivity index (χ4v) is 2.29. The van der Waals surface area contributed by atoms with E-state index in [4.69, 9.17) is 0 Å². The van der Waals surface area contributed by atoms with Crippen LogP contribution in [0.25, 0.3) is 6.08 Å². The van der Waals surface area contributed by atoms with Gasteiger partial charge in [-0.15, -0.1) is 11.3 Å². The quantitative estimate of drug-likeness (QED) is 0.825. The molecular formula is C15H15NOS. The maximum Gasteiger partial charge on any atom is 0.248 e. The van der Waals surface area contributed by atoms with Crippen molar-refractivity contribution in [3.05, 3.63) is 58.3 Å². The Labute approximate surface area is 111 Å². The lowest BCUT2D eigenvalue weighted by molar-refractivity contribution is -0.111. The van der Waals surface area contributed by atoms with Crippen LogP contribution in [0, 0.1) is 0 Å². The van der Waals surface area contributed by atoms with Gasteiger partial charge in [0.2, 0.25) is 5.91 Å². The third-order valence-electron chi connectivity index (χ3n) is 2.60. The Morgan fingerprint density at radius 2 is 2.11 bits per heavy atom. The minimum absolute atomic E-state index is 0.0932. The largest absolute Gasteiger partial charge is 0.322 e. The molecule has 3 heteroatoms. The van der Waals surface area contributed by atoms with Crippen LogP contribution >= 0.6 is 11.3 Å². The zero-order chi connectivity index (χ0) is 12.8. The van der Waals surface area contributed by atoms with E-state index in [0.717, 1.165) is 22.5 Å². The number of aryl methyl sites for hydroxylation is 1. The molecule has 1 aromatic heterocycles. The summed E-state index contributed by atoms with van der Waals surface area (Å²) in [5.74, 6) is -0.0932. The Morgan fingerprint density at radius 1 is 1.28 bits per heavy atom. The highest BCUT2D eigenvalue weighted by molar-refractivity contribution is 7.10. The van der Waals surface area contributed by atoms with Crippen molar-refractivity contribution < 1.29 is 4.79 Å². The van der Waals surface area contributed by atoms with Gasteiger partial charge in [-0.3, -0.25) is 4.79 Å². The lowest BCUT2D eigenvalue weighted by Crippen LogP contribution is -2.09. The van der Waals surface area contributed by atoms with Crippen molar-refractivity contribution in [2.24, 2.45) is 0 Å². The Balaban J connectivity index is 2.03. The summed E-state index contributed by atoms with van der Waals surface area (Å²) in [5, 5.41) is 4.89. The number of para-hydroxylation sites is 1. The van der Waals surface area contributed by atoms with Gasteiger partial charge in [0.15, 0.2) is 0 Å². The SMILES string of the molecule is CCc1ccccc1NC(=O)C=Cc1cccs1. The molecule has 0 fully saturated rings. The van der Waals surface area contributed by atoms with Crippen LogP contribution in [0.2, 0.25) is 0 Å². The molecule has 0 aliphatic carbocycles. The maximum absolute atomic E-state index is 11.8. The molecule has 0 aliphatic rings. The van der Waals surface area contributed by atoms with Gasteiger partial charge in [0.25, 0.3) is 0 Å². The number of benzene rings is 1. The van der Waals surface area contributed by atoms with E-state index in [1.807, 2.05) is 47.9 Å². The summed E-state index contributed by atoms with van der Waals surface area (Å²) in [6.07, 6.45) is 4.30. The van der Waals surface area contributed by atoms with Crippen LogP contribution in [-0.4, -0.2) is 5.91 Å². The molecule has 0 atom stereocenters. The first kappa shape index (κ1) is 12.6. The average molecular weight is 257 g/mol. The molecule has 92 valence electrons. The summed E-state index contributed by atoms with van der Waals surface area (Å²) in [5.41, 5.74) is 2.04. The number of carbonyl (C=O) groups excluding carboxylic acids is 1. The highest BCUT2D eigenvalue weighted by atomic mass is 32.1. The van der Waals surface area contributed by atoms with Crippen molar-refractivity contribution in [1.82, 2.24) is 0 Å². The van der Waals surface area contributed by atoms with Crippen LogP contribution in [0.5, 0.6) is 0 Å². The first-order chi connectivity index (χ1) is 8.79. The lowest BCUT2D eigenvalue weighted by Gasteiger charge is -2.07. The van der Waals surface area contributed by atoms with Crippen molar-refractivity contribution in [2.75, 3.05) is 5.32 Å². The molecule has 2 nitrogen and oxygen atoms in total. The highest BCUT2D eigenvalue weighted by Crippen LogP contribution is 2.16. The van der Waals surface area contributed by atoms with Gasteiger partial charge in [-0.2, -0.15) is 0 Å². The van der Waals surface area contributed by atoms with E-state index in [1.54, 1.807) is 17.4 Å². The molecule has 2 rings (SSSR count). The zero-order valence-electron chi connectivity index (χ0n) is 10.2. The van der Waals surface area contributed by atoms with Gasteiger partial charge < -0.3 is 5.32 Å². The molecule has 1 amide bonds. The van der Waals surface area contributed by atoms with Crippen LogP contribution in [0.3, 0.4) is 0 Å². The fourth-order valence-electron chi connectivity index (χ4n) is 1.67. The number of thiophene rings is 1. The van der Waals surface area contributed by atoms with Crippen LogP contribution in [0.4, 0.5) is 5.69 Å². The summed E-state index contributed by atoms with van der Waals surface area (Å²) in [7, 11) is 0. The molecule has 0 radical (unpaired) electrons. The molecule has 0 aliphatic heterocycles. The molecule has 0 spiro atoms. The van der Waals surface area contributed by atoms with Gasteiger partial charge in [-0.1, -0.05) is 31.2 Å². The predicted molar refractivity (Wildman–Crippen MR) is 77.8 cm³/mol. The van der Waals surface area contributed by atoms with Crippen LogP contribution in [-0.2, 0) is 11.2 Å². The Morgan fingerprint density at radius 3 is 2.83 bits per heavy atom. The molecule has 0 saturated carbocycles. The summed E-state index contributed by atoms with van der Waals surface area (Å²) in [4.78, 5) is 12.9. The van der Waals surface area contributed by atoms with Gasteiger partial charge in [0, 0.05) is 16.6 Å². The van der Waals surface area contributed by atoms with Crippen molar-refractivity contribution >= 4 is 29.0 Å². The second-order valence-electron chi connectivity index (χ2n) is 3.85. The number of nitrogens with one attached hydrogen (secondary N) is 1. The summed E-state index contributed by atoms with van der Waals surface area (Å²) >= 11 is 1.61. The molecule has 1 N–H and O–H groups in total. The fraction of sp³-hybridized carbons (Fsp3) is 0.133. The molecule has 0 unspecified atom stereocenters. The third kappa shape index (κ3) is 3.31. The van der Waals surface area contributed by atoms with Gasteiger partial charge in [0.05, 0.1) is 0 Å². The molecular weight excluding hydrogens is 242 g/mol. The number of amides is 1. The lowest BCUT2D eigenvalue weighted by atomic mass is 10.1. The second-order valence-corrected chi connectivity index (χ2v) is 4.83. The zero-order valence-corrected chi connectivity index (χ0v) is 11.0. The third-order valence-corrected chi connectivity index (χ3v) is 3.44. The predicted octanol–water partition coefficient (Wildman–Crippen LogP) is 3.96. The summed E-state index contributed by atoms with van der Waals surface area (Å²) < 4.78 is 0. The maximum atomic E-state index is 11.8. The first-order valence-corrected chi connectivity index (χ1v) is 6.78. The van der Waals surface area contributed by atoms with Crippen LogP contribution in [0.15, 0.2) is 47.9 Å². The Kier molecular flexibility index (Phi) is 4.31. The average Bonchev–Trinajstić information content (AvgIpc) is 2.90. The normalized spacial score (nSPS) is 10.7. The topological polar surface area (TPSA) is 29.1 Å². The van der Waals surface area contributed by atoms with Crippen molar-refractivity contribution in [1.29, 1.82) is 0 Å². The molecule has 0 saturated heterocycles. The molecule has 1 heterocycles. The minimum atomic E-state index is -0.0932. The smallest absolute Gasteiger partial charge is 0.248 e. The summed E-state index contributed by atoms with van der Waals surface area (Å²) in [6.45, 7) is 2.08. The van der Waals surface area contributed by atoms with Crippen molar-refractivity contribution in [3.63, 3.8) is 0 Å². The van der Waals surface area contributed by atoms with E-state index in [9.17, 15) is 4.79 Å². The minimum Gasteiger partial charge on any atom is -0.322 e. The van der Waals surface area contributed by atoms with E-state index in [1.165, 1.54) is 0 Å². The standard InChI is InChI=1S/C15H15NOS/c1-2-12-6-3-4-8-14(12)16-15(17)10-9-13-7-5-11-18-13/h3-11H,2H2,1H3,(H,16,17). The number of carbonyl (C=O) groups is 1. The van der Waals surface area contributed by atoms with E-state index < -0.39 is 0 Å². The van der Waals surface area contributed by atoms with Gasteiger partial charge in [-0.25, -0.2) is 0 Å². The van der Waals surface area contributed by atoms with Crippen LogP contribution in [0.1, 0.15) is 17.4 Å². The Hall–Kier alpha value is -1.87. The van der Waals surface area contributed by atoms with Crippen molar-refractivity contribution in [2.45, 2.75) is 13.3 Å². The van der Waals surface area contributed by atoms with Gasteiger partial charge in [0.1, 0.15) is 0 Å². The van der Waals surface area contributed by atoms with Gasteiger partial charge in [-0.05, 0) is 35.6 Å². The number of anilines is 1. The first-order valence-electron chi connectivity index (χ1n) is 5.90. The molecule has 18 heavy (non-hydrogen) atoms. The highest BCUT2D eigenvalue weighted by Gasteiger charge is 2.02. The number of hydrogen-bond donors (Lipinski definition) is 1.